The van der Waals surface area contributed by atoms with Crippen LogP contribution in [0.2, 0.25) is 5.02 Å². The first-order valence-electron chi connectivity index (χ1n) is 8.12. The lowest BCUT2D eigenvalue weighted by Crippen LogP contribution is -2.19. The third-order valence-electron chi connectivity index (χ3n) is 3.95. The van der Waals surface area contributed by atoms with Crippen molar-refractivity contribution in [3.05, 3.63) is 65.3 Å². The summed E-state index contributed by atoms with van der Waals surface area (Å²) < 4.78 is 45.5. The van der Waals surface area contributed by atoms with E-state index in [4.69, 9.17) is 16.3 Å². The molecule has 0 bridgehead atoms. The van der Waals surface area contributed by atoms with E-state index in [-0.39, 0.29) is 11.8 Å². The van der Waals surface area contributed by atoms with Gasteiger partial charge < -0.3 is 15.0 Å². The average molecular weight is 409 g/mol. The Morgan fingerprint density at radius 3 is 2.25 bits per heavy atom. The van der Waals surface area contributed by atoms with Gasteiger partial charge in [-0.25, -0.2) is 4.98 Å². The van der Waals surface area contributed by atoms with Gasteiger partial charge >= 0.3 is 6.18 Å². The van der Waals surface area contributed by atoms with Crippen molar-refractivity contribution in [1.82, 2.24) is 9.97 Å². The van der Waals surface area contributed by atoms with E-state index in [0.717, 1.165) is 6.20 Å². The number of anilines is 4. The van der Waals surface area contributed by atoms with Gasteiger partial charge in [-0.15, -0.1) is 0 Å². The van der Waals surface area contributed by atoms with E-state index in [1.807, 2.05) is 0 Å². The number of methoxy groups -OCH3 is 1. The molecule has 0 fully saturated rings. The molecule has 0 spiro atoms. The van der Waals surface area contributed by atoms with Gasteiger partial charge in [-0.2, -0.15) is 18.2 Å². The Hall–Kier alpha value is -3.00. The van der Waals surface area contributed by atoms with Gasteiger partial charge in [0.15, 0.2) is 5.82 Å². The smallest absolute Gasteiger partial charge is 0.421 e. The summed E-state index contributed by atoms with van der Waals surface area (Å²) in [5.74, 6) is 0.414. The minimum absolute atomic E-state index is 0.0361. The van der Waals surface area contributed by atoms with Crippen LogP contribution < -0.4 is 15.0 Å². The zero-order valence-electron chi connectivity index (χ0n) is 15.0. The molecule has 1 heterocycles. The molecule has 0 amide bonds. The van der Waals surface area contributed by atoms with Gasteiger partial charge in [-0.3, -0.25) is 0 Å². The SMILES string of the molecule is COc1ccc(Nc2ncc(C(F)(F)F)c(N(C)c3ccc(Cl)cc3)n2)cc1. The Labute approximate surface area is 164 Å². The minimum Gasteiger partial charge on any atom is -0.497 e. The zero-order valence-corrected chi connectivity index (χ0v) is 15.7. The molecule has 0 saturated heterocycles. The number of alkyl halides is 3. The molecule has 3 rings (SSSR count). The van der Waals surface area contributed by atoms with Gasteiger partial charge in [0.25, 0.3) is 0 Å². The van der Waals surface area contributed by atoms with Crippen LogP contribution in [-0.4, -0.2) is 24.1 Å². The van der Waals surface area contributed by atoms with Crippen LogP contribution in [0.15, 0.2) is 54.7 Å². The topological polar surface area (TPSA) is 50.3 Å². The highest BCUT2D eigenvalue weighted by molar-refractivity contribution is 6.30. The number of benzene rings is 2. The van der Waals surface area contributed by atoms with Crippen molar-refractivity contribution in [2.75, 3.05) is 24.4 Å². The fraction of sp³-hybridized carbons (Fsp3) is 0.158. The number of nitrogens with zero attached hydrogens (tertiary/aromatic N) is 3. The average Bonchev–Trinajstić information content (AvgIpc) is 2.68. The lowest BCUT2D eigenvalue weighted by molar-refractivity contribution is -0.137. The molecule has 0 unspecified atom stereocenters. The Morgan fingerprint density at radius 1 is 1.04 bits per heavy atom. The van der Waals surface area contributed by atoms with Crippen LogP contribution in [-0.2, 0) is 6.18 Å². The molecule has 28 heavy (non-hydrogen) atoms. The molecule has 0 saturated carbocycles. The molecule has 1 aromatic heterocycles. The highest BCUT2D eigenvalue weighted by Crippen LogP contribution is 2.37. The molecule has 0 atom stereocenters. The van der Waals surface area contributed by atoms with Crippen LogP contribution in [0.5, 0.6) is 5.75 Å². The number of hydrogen-bond donors (Lipinski definition) is 1. The molecule has 0 aliphatic carbocycles. The maximum absolute atomic E-state index is 13.5. The third kappa shape index (κ3) is 4.45. The van der Waals surface area contributed by atoms with E-state index in [2.05, 4.69) is 15.3 Å². The third-order valence-corrected chi connectivity index (χ3v) is 4.20. The molecule has 2 aromatic carbocycles. The summed E-state index contributed by atoms with van der Waals surface area (Å²) in [5.41, 5.74) is 0.176. The summed E-state index contributed by atoms with van der Waals surface area (Å²) in [7, 11) is 3.04. The van der Waals surface area contributed by atoms with Crippen LogP contribution >= 0.6 is 11.6 Å². The maximum atomic E-state index is 13.5. The summed E-state index contributed by atoms with van der Waals surface area (Å²) in [4.78, 5) is 9.24. The van der Waals surface area contributed by atoms with E-state index >= 15 is 0 Å². The van der Waals surface area contributed by atoms with Crippen molar-refractivity contribution >= 4 is 34.7 Å². The molecule has 1 N–H and O–H groups in total. The molecule has 5 nitrogen and oxygen atoms in total. The Bertz CT molecular complexity index is 947. The molecular weight excluding hydrogens is 393 g/mol. The van der Waals surface area contributed by atoms with Gasteiger partial charge in [0.1, 0.15) is 11.3 Å². The summed E-state index contributed by atoms with van der Waals surface area (Å²) in [5, 5.41) is 3.38. The van der Waals surface area contributed by atoms with Gasteiger partial charge in [-0.1, -0.05) is 11.6 Å². The van der Waals surface area contributed by atoms with Crippen LogP contribution in [0.3, 0.4) is 0 Å². The van der Waals surface area contributed by atoms with Gasteiger partial charge in [0, 0.05) is 29.6 Å². The summed E-state index contributed by atoms with van der Waals surface area (Å²) in [6.07, 6.45) is -3.84. The fourth-order valence-corrected chi connectivity index (χ4v) is 2.61. The molecule has 3 aromatic rings. The van der Waals surface area contributed by atoms with E-state index in [9.17, 15) is 13.2 Å². The van der Waals surface area contributed by atoms with E-state index in [1.165, 1.54) is 11.9 Å². The Balaban J connectivity index is 1.97. The maximum Gasteiger partial charge on any atom is 0.421 e. The number of halogens is 4. The largest absolute Gasteiger partial charge is 0.497 e. The zero-order chi connectivity index (χ0) is 20.3. The van der Waals surface area contributed by atoms with Crippen molar-refractivity contribution in [3.63, 3.8) is 0 Å². The molecule has 9 heteroatoms. The number of rotatable bonds is 5. The van der Waals surface area contributed by atoms with E-state index in [1.54, 1.807) is 55.6 Å². The van der Waals surface area contributed by atoms with Crippen molar-refractivity contribution < 1.29 is 17.9 Å². The summed E-state index contributed by atoms with van der Waals surface area (Å²) >= 11 is 5.86. The monoisotopic (exact) mass is 408 g/mol. The predicted octanol–water partition coefficient (Wildman–Crippen LogP) is 5.67. The summed E-state index contributed by atoms with van der Waals surface area (Å²) in [6, 6.07) is 13.3. The molecule has 0 aliphatic rings. The standard InChI is InChI=1S/C19H16ClF3N4O/c1-27(14-7-3-12(20)4-8-14)17-16(19(21,22)23)11-24-18(26-17)25-13-5-9-15(28-2)10-6-13/h3-11H,1-2H3,(H,24,25,26). The van der Waals surface area contributed by atoms with Crippen LogP contribution in [0, 0.1) is 0 Å². The second kappa shape index (κ2) is 7.93. The predicted molar refractivity (Wildman–Crippen MR) is 103 cm³/mol. The summed E-state index contributed by atoms with van der Waals surface area (Å²) in [6.45, 7) is 0. The highest BCUT2D eigenvalue weighted by Gasteiger charge is 2.36. The lowest BCUT2D eigenvalue weighted by atomic mass is 10.2. The second-order valence-electron chi connectivity index (χ2n) is 5.82. The minimum atomic E-state index is -4.60. The number of nitrogens with one attached hydrogen (secondary N) is 1. The van der Waals surface area contributed by atoms with E-state index < -0.39 is 11.7 Å². The van der Waals surface area contributed by atoms with Crippen LogP contribution in [0.25, 0.3) is 0 Å². The lowest BCUT2D eigenvalue weighted by Gasteiger charge is -2.23. The molecule has 146 valence electrons. The van der Waals surface area contributed by atoms with Crippen molar-refractivity contribution in [2.24, 2.45) is 0 Å². The number of hydrogen-bond acceptors (Lipinski definition) is 5. The number of aromatic nitrogens is 2. The normalized spacial score (nSPS) is 11.2. The van der Waals surface area contributed by atoms with Crippen molar-refractivity contribution in [2.45, 2.75) is 6.18 Å². The Morgan fingerprint density at radius 2 is 1.68 bits per heavy atom. The van der Waals surface area contributed by atoms with E-state index in [0.29, 0.717) is 22.1 Å². The van der Waals surface area contributed by atoms with Gasteiger partial charge in [0.05, 0.1) is 7.11 Å². The Kier molecular flexibility index (Phi) is 5.60. The first kappa shape index (κ1) is 19.8. The second-order valence-corrected chi connectivity index (χ2v) is 6.25. The molecule has 0 radical (unpaired) electrons. The van der Waals surface area contributed by atoms with Crippen LogP contribution in [0.1, 0.15) is 5.56 Å². The van der Waals surface area contributed by atoms with Crippen LogP contribution in [0.4, 0.5) is 36.3 Å². The number of ether oxygens (including phenoxy) is 1. The molecular formula is C19H16ClF3N4O. The first-order chi connectivity index (χ1) is 13.3. The van der Waals surface area contributed by atoms with Crippen molar-refractivity contribution in [3.8, 4) is 5.75 Å². The van der Waals surface area contributed by atoms with Gasteiger partial charge in [-0.05, 0) is 48.5 Å². The first-order valence-corrected chi connectivity index (χ1v) is 8.50. The van der Waals surface area contributed by atoms with Crippen molar-refractivity contribution in [1.29, 1.82) is 0 Å². The molecule has 0 aliphatic heterocycles. The van der Waals surface area contributed by atoms with Gasteiger partial charge in [0.2, 0.25) is 5.95 Å². The highest BCUT2D eigenvalue weighted by atomic mass is 35.5. The fourth-order valence-electron chi connectivity index (χ4n) is 2.48. The quantitative estimate of drug-likeness (QED) is 0.589.